The molecule has 31 heavy (non-hydrogen) atoms. The summed E-state index contributed by atoms with van der Waals surface area (Å²) in [4.78, 5) is 19.0. The van der Waals surface area contributed by atoms with Gasteiger partial charge in [0.2, 0.25) is 0 Å². The van der Waals surface area contributed by atoms with E-state index in [2.05, 4.69) is 26.8 Å². The highest BCUT2D eigenvalue weighted by Crippen LogP contribution is 2.13. The molecule has 1 aliphatic heterocycles. The van der Waals surface area contributed by atoms with Crippen molar-refractivity contribution in [1.82, 2.24) is 19.2 Å². The van der Waals surface area contributed by atoms with Crippen molar-refractivity contribution >= 4 is 11.5 Å². The van der Waals surface area contributed by atoms with Crippen molar-refractivity contribution in [2.75, 3.05) is 37.7 Å². The summed E-state index contributed by atoms with van der Waals surface area (Å²) < 4.78 is 33.3. The van der Waals surface area contributed by atoms with E-state index < -0.39 is 11.8 Å². The zero-order valence-corrected chi connectivity index (χ0v) is 16.6. The van der Waals surface area contributed by atoms with Crippen LogP contribution in [0, 0.1) is 11.8 Å². The summed E-state index contributed by atoms with van der Waals surface area (Å²) in [7, 11) is 0. The lowest BCUT2D eigenvalue weighted by molar-refractivity contribution is 0.122. The summed E-state index contributed by atoms with van der Waals surface area (Å²) in [5, 5.41) is 4.11. The molecule has 0 aliphatic carbocycles. The predicted octanol–water partition coefficient (Wildman–Crippen LogP) is 1.24. The molecule has 1 fully saturated rings. The first-order chi connectivity index (χ1) is 15.0. The van der Waals surface area contributed by atoms with E-state index in [-0.39, 0.29) is 18.7 Å². The van der Waals surface area contributed by atoms with Crippen LogP contribution in [0.15, 0.2) is 53.1 Å². The molecule has 4 rings (SSSR count). The molecule has 0 atom stereocenters. The van der Waals surface area contributed by atoms with Gasteiger partial charge in [0.05, 0.1) is 19.8 Å². The number of halogens is 2. The Morgan fingerprint density at radius 2 is 1.94 bits per heavy atom. The first-order valence-corrected chi connectivity index (χ1v) is 9.68. The topological polar surface area (TPSA) is 90.7 Å². The second kappa shape index (κ2) is 9.07. The van der Waals surface area contributed by atoms with E-state index >= 15 is 0 Å². The molecule has 3 aromatic heterocycles. The average molecular weight is 426 g/mol. The highest BCUT2D eigenvalue weighted by atomic mass is 19.3. The van der Waals surface area contributed by atoms with Gasteiger partial charge in [-0.05, 0) is 24.3 Å². The normalized spacial score (nSPS) is 13.7. The Bertz CT molecular complexity index is 1230. The Kier molecular flexibility index (Phi) is 6.06. The maximum atomic E-state index is 12.8. The molecule has 1 aliphatic rings. The van der Waals surface area contributed by atoms with Gasteiger partial charge in [-0.2, -0.15) is 8.78 Å². The second-order valence-electron chi connectivity index (χ2n) is 6.91. The largest absolute Gasteiger partial charge is 0.378 e. The third kappa shape index (κ3) is 4.63. The van der Waals surface area contributed by atoms with Gasteiger partial charge < -0.3 is 15.4 Å². The fourth-order valence-electron chi connectivity index (χ4n) is 3.16. The second-order valence-corrected chi connectivity index (χ2v) is 6.91. The lowest BCUT2D eigenvalue weighted by Gasteiger charge is -2.27. The van der Waals surface area contributed by atoms with Crippen molar-refractivity contribution < 1.29 is 13.5 Å². The Labute approximate surface area is 176 Å². The van der Waals surface area contributed by atoms with Gasteiger partial charge in [-0.25, -0.2) is 14.5 Å². The third-order valence-electron chi connectivity index (χ3n) is 4.87. The van der Waals surface area contributed by atoms with E-state index in [1.54, 1.807) is 18.3 Å². The number of anilines is 1. The summed E-state index contributed by atoms with van der Waals surface area (Å²) in [6, 6.07) is 7.11. The zero-order valence-electron chi connectivity index (χ0n) is 16.6. The molecule has 1 saturated heterocycles. The maximum absolute atomic E-state index is 12.8. The standard InChI is InChI=1S/C21H20F2N6O2/c22-20(23)17(12-24)14-29-21(30)28-6-5-15(11-19(28)26-29)1-2-16-3-4-18(25-13-16)27-7-9-31-10-8-27/h3-6,11,13H,7-10,12,14,24H2. The highest BCUT2D eigenvalue weighted by molar-refractivity contribution is 5.50. The van der Waals surface area contributed by atoms with Crippen LogP contribution in [0.1, 0.15) is 11.1 Å². The van der Waals surface area contributed by atoms with Crippen LogP contribution in [0.3, 0.4) is 0 Å². The van der Waals surface area contributed by atoms with Crippen molar-refractivity contribution in [1.29, 1.82) is 0 Å². The predicted molar refractivity (Wildman–Crippen MR) is 111 cm³/mol. The Morgan fingerprint density at radius 3 is 2.61 bits per heavy atom. The Balaban J connectivity index is 1.54. The molecule has 0 unspecified atom stereocenters. The number of rotatable bonds is 4. The summed E-state index contributed by atoms with van der Waals surface area (Å²) in [6.07, 6.45) is 1.33. The molecule has 8 nitrogen and oxygen atoms in total. The molecule has 0 bridgehead atoms. The quantitative estimate of drug-likeness (QED) is 0.632. The smallest absolute Gasteiger partial charge is 0.350 e. The molecular weight excluding hydrogens is 406 g/mol. The van der Waals surface area contributed by atoms with Crippen molar-refractivity contribution in [2.24, 2.45) is 5.73 Å². The van der Waals surface area contributed by atoms with Gasteiger partial charge in [-0.3, -0.25) is 4.40 Å². The number of pyridine rings is 2. The van der Waals surface area contributed by atoms with E-state index in [1.165, 1.54) is 10.6 Å². The van der Waals surface area contributed by atoms with E-state index in [0.29, 0.717) is 24.4 Å². The first kappa shape index (κ1) is 20.7. The molecule has 0 saturated carbocycles. The van der Waals surface area contributed by atoms with E-state index in [1.807, 2.05) is 12.1 Å². The number of ether oxygens (including phenoxy) is 1. The molecule has 0 amide bonds. The van der Waals surface area contributed by atoms with Gasteiger partial charge in [0.1, 0.15) is 5.82 Å². The Hall–Kier alpha value is -3.55. The number of morpholine rings is 1. The fourth-order valence-corrected chi connectivity index (χ4v) is 3.16. The molecule has 0 radical (unpaired) electrons. The fraction of sp³-hybridized carbons (Fsp3) is 0.286. The van der Waals surface area contributed by atoms with Gasteiger partial charge >= 0.3 is 5.69 Å². The molecule has 0 aromatic carbocycles. The van der Waals surface area contributed by atoms with Crippen LogP contribution in [0.2, 0.25) is 0 Å². The number of hydrogen-bond donors (Lipinski definition) is 1. The first-order valence-electron chi connectivity index (χ1n) is 9.68. The van der Waals surface area contributed by atoms with Crippen LogP contribution in [0.5, 0.6) is 0 Å². The highest BCUT2D eigenvalue weighted by Gasteiger charge is 2.13. The lowest BCUT2D eigenvalue weighted by Crippen LogP contribution is -2.36. The molecule has 160 valence electrons. The van der Waals surface area contributed by atoms with E-state index in [4.69, 9.17) is 10.5 Å². The molecule has 10 heteroatoms. The van der Waals surface area contributed by atoms with Crippen LogP contribution in [0.4, 0.5) is 14.6 Å². The van der Waals surface area contributed by atoms with Crippen molar-refractivity contribution in [3.8, 4) is 11.8 Å². The summed E-state index contributed by atoms with van der Waals surface area (Å²) in [6.45, 7) is 2.29. The molecule has 4 heterocycles. The Morgan fingerprint density at radius 1 is 1.16 bits per heavy atom. The molecule has 3 aromatic rings. The molecule has 2 N–H and O–H groups in total. The number of aromatic nitrogens is 4. The van der Waals surface area contributed by atoms with Gasteiger partial charge in [0.25, 0.3) is 6.08 Å². The van der Waals surface area contributed by atoms with Gasteiger partial charge in [-0.1, -0.05) is 11.8 Å². The molecule has 0 spiro atoms. The third-order valence-corrected chi connectivity index (χ3v) is 4.87. The van der Waals surface area contributed by atoms with Crippen LogP contribution in [-0.2, 0) is 11.3 Å². The van der Waals surface area contributed by atoms with Crippen LogP contribution >= 0.6 is 0 Å². The average Bonchev–Trinajstić information content (AvgIpc) is 3.11. The van der Waals surface area contributed by atoms with Gasteiger partial charge in [0.15, 0.2) is 5.65 Å². The summed E-state index contributed by atoms with van der Waals surface area (Å²) >= 11 is 0. The van der Waals surface area contributed by atoms with Gasteiger partial charge in [-0.15, -0.1) is 5.10 Å². The van der Waals surface area contributed by atoms with Crippen LogP contribution in [-0.4, -0.2) is 52.0 Å². The van der Waals surface area contributed by atoms with Gasteiger partial charge in [0, 0.05) is 48.7 Å². The SMILES string of the molecule is NCC(Cn1nc2cc(C#Cc3ccc(N4CCOCC4)nc3)ccn2c1=O)=C(F)F. The zero-order chi connectivity index (χ0) is 21.8. The summed E-state index contributed by atoms with van der Waals surface area (Å²) in [5.74, 6) is 6.93. The van der Waals surface area contributed by atoms with E-state index in [9.17, 15) is 13.6 Å². The minimum atomic E-state index is -1.90. The van der Waals surface area contributed by atoms with Crippen molar-refractivity contribution in [3.05, 3.63) is 69.9 Å². The molecular formula is C21H20F2N6O2. The van der Waals surface area contributed by atoms with Crippen molar-refractivity contribution in [3.63, 3.8) is 0 Å². The van der Waals surface area contributed by atoms with Crippen LogP contribution < -0.4 is 16.3 Å². The minimum absolute atomic E-state index is 0.313. The summed E-state index contributed by atoms with van der Waals surface area (Å²) in [5.41, 5.74) is 6.15. The number of hydrogen-bond acceptors (Lipinski definition) is 6. The maximum Gasteiger partial charge on any atom is 0.350 e. The van der Waals surface area contributed by atoms with Crippen molar-refractivity contribution in [2.45, 2.75) is 6.54 Å². The number of nitrogens with zero attached hydrogens (tertiary/aromatic N) is 5. The number of fused-ring (bicyclic) bond motifs is 1. The van der Waals surface area contributed by atoms with Crippen LogP contribution in [0.25, 0.3) is 5.65 Å². The monoisotopic (exact) mass is 426 g/mol. The lowest BCUT2D eigenvalue weighted by atomic mass is 10.2. The number of nitrogens with two attached hydrogens (primary N) is 1. The minimum Gasteiger partial charge on any atom is -0.378 e. The van der Waals surface area contributed by atoms with E-state index in [0.717, 1.165) is 29.2 Å².